The number of amides is 4. The molecular weight excluding hydrogens is 308 g/mol. The van der Waals surface area contributed by atoms with Crippen molar-refractivity contribution in [1.82, 2.24) is 16.0 Å². The van der Waals surface area contributed by atoms with E-state index in [1.54, 1.807) is 24.3 Å². The van der Waals surface area contributed by atoms with Gasteiger partial charge in [-0.25, -0.2) is 4.79 Å². The largest absolute Gasteiger partial charge is 0.355 e. The summed E-state index contributed by atoms with van der Waals surface area (Å²) in [6, 6.07) is 6.05. The van der Waals surface area contributed by atoms with E-state index in [1.807, 2.05) is 27.7 Å². The van der Waals surface area contributed by atoms with Gasteiger partial charge in [0, 0.05) is 23.3 Å². The predicted octanol–water partition coefficient (Wildman–Crippen LogP) is 1.86. The molecule has 0 unspecified atom stereocenters. The van der Waals surface area contributed by atoms with E-state index in [-0.39, 0.29) is 23.9 Å². The van der Waals surface area contributed by atoms with E-state index < -0.39 is 6.03 Å². The Bertz CT molecular complexity index is 576. The summed E-state index contributed by atoms with van der Waals surface area (Å²) in [5, 5.41) is 10.6. The normalized spacial score (nSPS) is 10.7. The zero-order chi connectivity index (χ0) is 18.2. The summed E-state index contributed by atoms with van der Waals surface area (Å²) in [4.78, 5) is 35.1. The van der Waals surface area contributed by atoms with Crippen molar-refractivity contribution in [2.75, 3.05) is 18.4 Å². The van der Waals surface area contributed by atoms with Crippen molar-refractivity contribution in [2.24, 2.45) is 0 Å². The fourth-order valence-electron chi connectivity index (χ4n) is 1.78. The molecule has 1 aromatic rings. The van der Waals surface area contributed by atoms with E-state index in [1.165, 1.54) is 0 Å². The van der Waals surface area contributed by atoms with Crippen LogP contribution in [0.15, 0.2) is 24.3 Å². The summed E-state index contributed by atoms with van der Waals surface area (Å²) in [7, 11) is 0. The van der Waals surface area contributed by atoms with Crippen LogP contribution in [0.25, 0.3) is 0 Å². The Kier molecular flexibility index (Phi) is 7.23. The standard InChI is InChI=1S/C17H26N4O3/c1-5-10-18-14(22)11-19-16(24)20-13-8-6-12(7-9-13)15(23)21-17(2,3)4/h6-9H,5,10-11H2,1-4H3,(H,18,22)(H,21,23)(H2,19,20,24). The molecule has 0 saturated heterocycles. The molecule has 4 amide bonds. The first-order valence-electron chi connectivity index (χ1n) is 7.95. The molecule has 0 fully saturated rings. The lowest BCUT2D eigenvalue weighted by molar-refractivity contribution is -0.120. The van der Waals surface area contributed by atoms with Gasteiger partial charge in [0.25, 0.3) is 5.91 Å². The first-order chi connectivity index (χ1) is 11.2. The summed E-state index contributed by atoms with van der Waals surface area (Å²) in [5.41, 5.74) is 0.732. The molecular formula is C17H26N4O3. The first kappa shape index (κ1) is 19.5. The Morgan fingerprint density at radius 3 is 2.17 bits per heavy atom. The van der Waals surface area contributed by atoms with Crippen LogP contribution < -0.4 is 21.3 Å². The lowest BCUT2D eigenvalue weighted by Crippen LogP contribution is -2.40. The number of rotatable bonds is 6. The summed E-state index contributed by atoms with van der Waals surface area (Å²) in [6.07, 6.45) is 0.840. The molecule has 1 rings (SSSR count). The Morgan fingerprint density at radius 1 is 1.00 bits per heavy atom. The Balaban J connectivity index is 2.47. The molecule has 0 aromatic heterocycles. The zero-order valence-corrected chi connectivity index (χ0v) is 14.7. The molecule has 0 aliphatic heterocycles. The summed E-state index contributed by atoms with van der Waals surface area (Å²) in [6.45, 7) is 8.16. The van der Waals surface area contributed by atoms with Crippen LogP contribution in [0.4, 0.5) is 10.5 Å². The highest BCUT2D eigenvalue weighted by Gasteiger charge is 2.15. The van der Waals surface area contributed by atoms with Gasteiger partial charge in [0.15, 0.2) is 0 Å². The van der Waals surface area contributed by atoms with E-state index in [2.05, 4.69) is 21.3 Å². The maximum Gasteiger partial charge on any atom is 0.319 e. The minimum Gasteiger partial charge on any atom is -0.355 e. The van der Waals surface area contributed by atoms with E-state index >= 15 is 0 Å². The molecule has 4 N–H and O–H groups in total. The molecule has 0 aliphatic rings. The monoisotopic (exact) mass is 334 g/mol. The third-order valence-electron chi connectivity index (χ3n) is 2.88. The molecule has 0 bridgehead atoms. The molecule has 1 aromatic carbocycles. The number of benzene rings is 1. The summed E-state index contributed by atoms with van der Waals surface area (Å²) < 4.78 is 0. The van der Waals surface area contributed by atoms with Gasteiger partial charge >= 0.3 is 6.03 Å². The van der Waals surface area contributed by atoms with Gasteiger partial charge in [-0.15, -0.1) is 0 Å². The molecule has 0 heterocycles. The number of anilines is 1. The fourth-order valence-corrected chi connectivity index (χ4v) is 1.78. The van der Waals surface area contributed by atoms with Gasteiger partial charge in [-0.2, -0.15) is 0 Å². The highest BCUT2D eigenvalue weighted by molar-refractivity contribution is 5.96. The molecule has 0 radical (unpaired) electrons. The second kappa shape index (κ2) is 8.90. The Labute approximate surface area is 142 Å². The third kappa shape index (κ3) is 7.62. The van der Waals surface area contributed by atoms with Crippen LogP contribution in [0.5, 0.6) is 0 Å². The highest BCUT2D eigenvalue weighted by atomic mass is 16.2. The zero-order valence-electron chi connectivity index (χ0n) is 14.7. The van der Waals surface area contributed by atoms with Crippen LogP contribution in [0.2, 0.25) is 0 Å². The van der Waals surface area contributed by atoms with Crippen molar-refractivity contribution in [1.29, 1.82) is 0 Å². The van der Waals surface area contributed by atoms with E-state index in [0.29, 0.717) is 17.8 Å². The minimum atomic E-state index is -0.478. The van der Waals surface area contributed by atoms with E-state index in [4.69, 9.17) is 0 Å². The van der Waals surface area contributed by atoms with Gasteiger partial charge in [-0.05, 0) is 51.5 Å². The summed E-state index contributed by atoms with van der Waals surface area (Å²) >= 11 is 0. The predicted molar refractivity (Wildman–Crippen MR) is 94.0 cm³/mol. The molecule has 24 heavy (non-hydrogen) atoms. The van der Waals surface area contributed by atoms with Crippen LogP contribution in [0, 0.1) is 0 Å². The molecule has 0 saturated carbocycles. The maximum absolute atomic E-state index is 12.0. The van der Waals surface area contributed by atoms with Crippen LogP contribution in [0.1, 0.15) is 44.5 Å². The molecule has 0 spiro atoms. The van der Waals surface area contributed by atoms with Crippen molar-refractivity contribution in [3.05, 3.63) is 29.8 Å². The highest BCUT2D eigenvalue weighted by Crippen LogP contribution is 2.10. The lowest BCUT2D eigenvalue weighted by atomic mass is 10.1. The van der Waals surface area contributed by atoms with Crippen molar-refractivity contribution in [3.8, 4) is 0 Å². The van der Waals surface area contributed by atoms with Crippen LogP contribution in [0.3, 0.4) is 0 Å². The number of hydrogen-bond donors (Lipinski definition) is 4. The van der Waals surface area contributed by atoms with Gasteiger partial charge in [0.05, 0.1) is 6.54 Å². The SMILES string of the molecule is CCCNC(=O)CNC(=O)Nc1ccc(C(=O)NC(C)(C)C)cc1. The number of carbonyl (C=O) groups excluding carboxylic acids is 3. The van der Waals surface area contributed by atoms with Crippen molar-refractivity contribution in [2.45, 2.75) is 39.7 Å². The molecule has 0 atom stereocenters. The van der Waals surface area contributed by atoms with Gasteiger partial charge < -0.3 is 21.3 Å². The van der Waals surface area contributed by atoms with Crippen molar-refractivity contribution >= 4 is 23.5 Å². The quantitative estimate of drug-likeness (QED) is 0.639. The number of hydrogen-bond acceptors (Lipinski definition) is 3. The second-order valence-corrected chi connectivity index (χ2v) is 6.44. The van der Waals surface area contributed by atoms with Crippen LogP contribution >= 0.6 is 0 Å². The van der Waals surface area contributed by atoms with E-state index in [9.17, 15) is 14.4 Å². The van der Waals surface area contributed by atoms with Gasteiger partial charge in [-0.3, -0.25) is 9.59 Å². The first-order valence-corrected chi connectivity index (χ1v) is 7.95. The van der Waals surface area contributed by atoms with Gasteiger partial charge in [0.1, 0.15) is 0 Å². The van der Waals surface area contributed by atoms with Crippen molar-refractivity contribution < 1.29 is 14.4 Å². The second-order valence-electron chi connectivity index (χ2n) is 6.44. The molecule has 7 nitrogen and oxygen atoms in total. The average Bonchev–Trinajstić information content (AvgIpc) is 2.50. The maximum atomic E-state index is 12.0. The molecule has 132 valence electrons. The van der Waals surface area contributed by atoms with Crippen LogP contribution in [-0.4, -0.2) is 36.5 Å². The number of carbonyl (C=O) groups is 3. The van der Waals surface area contributed by atoms with Gasteiger partial charge in [-0.1, -0.05) is 6.92 Å². The minimum absolute atomic E-state index is 0.0854. The topological polar surface area (TPSA) is 99.3 Å². The summed E-state index contributed by atoms with van der Waals surface area (Å²) in [5.74, 6) is -0.410. The van der Waals surface area contributed by atoms with Crippen molar-refractivity contribution in [3.63, 3.8) is 0 Å². The Hall–Kier alpha value is -2.57. The van der Waals surface area contributed by atoms with Crippen LogP contribution in [-0.2, 0) is 4.79 Å². The third-order valence-corrected chi connectivity index (χ3v) is 2.88. The lowest BCUT2D eigenvalue weighted by Gasteiger charge is -2.20. The number of nitrogens with one attached hydrogen (secondary N) is 4. The fraction of sp³-hybridized carbons (Fsp3) is 0.471. The average molecular weight is 334 g/mol. The Morgan fingerprint density at radius 2 is 1.62 bits per heavy atom. The van der Waals surface area contributed by atoms with Gasteiger partial charge in [0.2, 0.25) is 5.91 Å². The van der Waals surface area contributed by atoms with E-state index in [0.717, 1.165) is 6.42 Å². The number of urea groups is 1. The molecule has 7 heteroatoms. The molecule has 0 aliphatic carbocycles. The smallest absolute Gasteiger partial charge is 0.319 e.